The molecule has 0 bridgehead atoms. The number of nitriles is 1. The van der Waals surface area contributed by atoms with Gasteiger partial charge in [-0.3, -0.25) is 5.32 Å². The lowest BCUT2D eigenvalue weighted by Gasteiger charge is -2.29. The largest absolute Gasteiger partial charge is 0.384 e. The zero-order valence-corrected chi connectivity index (χ0v) is 11.8. The van der Waals surface area contributed by atoms with Crippen molar-refractivity contribution in [2.45, 2.75) is 38.1 Å². The molecule has 0 saturated heterocycles. The van der Waals surface area contributed by atoms with E-state index in [1.807, 2.05) is 11.8 Å². The van der Waals surface area contributed by atoms with Crippen LogP contribution in [0.4, 0.5) is 0 Å². The fourth-order valence-electron chi connectivity index (χ4n) is 2.67. The van der Waals surface area contributed by atoms with Gasteiger partial charge in [-0.25, -0.2) is 0 Å². The molecule has 0 aromatic rings. The maximum absolute atomic E-state index is 9.42. The van der Waals surface area contributed by atoms with Gasteiger partial charge in [0.15, 0.2) is 0 Å². The Kier molecular flexibility index (Phi) is 6.94. The third-order valence-corrected chi connectivity index (χ3v) is 4.53. The molecule has 0 spiro atoms. The van der Waals surface area contributed by atoms with Gasteiger partial charge in [0.05, 0.1) is 12.7 Å². The third-order valence-electron chi connectivity index (χ3n) is 3.55. The van der Waals surface area contributed by atoms with E-state index >= 15 is 0 Å². The number of thioether (sulfide) groups is 1. The van der Waals surface area contributed by atoms with Crippen LogP contribution in [-0.2, 0) is 4.74 Å². The number of nitrogens with zero attached hydrogens (tertiary/aromatic N) is 1. The van der Waals surface area contributed by atoms with Gasteiger partial charge in [-0.2, -0.15) is 17.0 Å². The molecule has 1 aliphatic carbocycles. The molecule has 2 unspecified atom stereocenters. The molecule has 0 amide bonds. The van der Waals surface area contributed by atoms with Crippen molar-refractivity contribution in [3.63, 3.8) is 0 Å². The molecule has 0 aromatic carbocycles. The van der Waals surface area contributed by atoms with Crippen LogP contribution in [0.25, 0.3) is 0 Å². The summed E-state index contributed by atoms with van der Waals surface area (Å²) in [4.78, 5) is 0. The maximum Gasteiger partial charge on any atom is 0.109 e. The molecule has 1 rings (SSSR count). The molecule has 1 N–H and O–H groups in total. The van der Waals surface area contributed by atoms with E-state index < -0.39 is 0 Å². The summed E-state index contributed by atoms with van der Waals surface area (Å²) in [5.74, 6) is 2.73. The van der Waals surface area contributed by atoms with E-state index in [2.05, 4.69) is 18.3 Å². The minimum atomic E-state index is -0.240. The number of nitrogens with one attached hydrogen (secondary N) is 1. The number of methoxy groups -OCH3 is 1. The second-order valence-corrected chi connectivity index (χ2v) is 5.82. The molecule has 2 atom stereocenters. The Morgan fingerprint density at radius 3 is 3.00 bits per heavy atom. The smallest absolute Gasteiger partial charge is 0.109 e. The first kappa shape index (κ1) is 14.8. The average molecular weight is 256 g/mol. The SMILES string of the molecule is CCNC1(C#N)CCCC1CCSCCOC. The lowest BCUT2D eigenvalue weighted by atomic mass is 9.86. The second kappa shape index (κ2) is 7.97. The van der Waals surface area contributed by atoms with Crippen molar-refractivity contribution in [2.24, 2.45) is 5.92 Å². The van der Waals surface area contributed by atoms with Crippen LogP contribution in [0.2, 0.25) is 0 Å². The summed E-state index contributed by atoms with van der Waals surface area (Å²) in [5.41, 5.74) is -0.240. The molecular formula is C13H24N2OS. The molecule has 4 heteroatoms. The Hall–Kier alpha value is -0.240. The normalized spacial score (nSPS) is 28.2. The predicted octanol–water partition coefficient (Wildman–Crippen LogP) is 2.43. The molecule has 0 aliphatic heterocycles. The molecule has 17 heavy (non-hydrogen) atoms. The van der Waals surface area contributed by atoms with Crippen LogP contribution in [0, 0.1) is 17.2 Å². The number of ether oxygens (including phenoxy) is 1. The molecule has 0 heterocycles. The first-order valence-electron chi connectivity index (χ1n) is 6.52. The Morgan fingerprint density at radius 1 is 1.53 bits per heavy atom. The van der Waals surface area contributed by atoms with Crippen LogP contribution in [0.15, 0.2) is 0 Å². The maximum atomic E-state index is 9.42. The Labute approximate surface area is 109 Å². The summed E-state index contributed by atoms with van der Waals surface area (Å²) in [5, 5.41) is 12.8. The van der Waals surface area contributed by atoms with Crippen molar-refractivity contribution < 1.29 is 4.74 Å². The van der Waals surface area contributed by atoms with E-state index in [0.29, 0.717) is 5.92 Å². The van der Waals surface area contributed by atoms with Gasteiger partial charge in [-0.1, -0.05) is 13.3 Å². The average Bonchev–Trinajstić information content (AvgIpc) is 2.73. The van der Waals surface area contributed by atoms with Gasteiger partial charge in [0, 0.05) is 12.9 Å². The summed E-state index contributed by atoms with van der Waals surface area (Å²) in [6, 6.07) is 2.54. The highest BCUT2D eigenvalue weighted by molar-refractivity contribution is 7.99. The van der Waals surface area contributed by atoms with Crippen molar-refractivity contribution in [3.8, 4) is 6.07 Å². The molecule has 1 saturated carbocycles. The zero-order valence-electron chi connectivity index (χ0n) is 11.0. The fraction of sp³-hybridized carbons (Fsp3) is 0.923. The lowest BCUT2D eigenvalue weighted by Crippen LogP contribution is -2.47. The standard InChI is InChI=1S/C13H24N2OS/c1-3-15-13(11-14)7-4-5-12(13)6-9-17-10-8-16-2/h12,15H,3-10H2,1-2H3. The van der Waals surface area contributed by atoms with Crippen LogP contribution in [0.3, 0.4) is 0 Å². The van der Waals surface area contributed by atoms with Crippen molar-refractivity contribution >= 4 is 11.8 Å². The summed E-state index contributed by atoms with van der Waals surface area (Å²) < 4.78 is 5.03. The van der Waals surface area contributed by atoms with Gasteiger partial charge in [0.2, 0.25) is 0 Å². The van der Waals surface area contributed by atoms with Crippen molar-refractivity contribution in [1.82, 2.24) is 5.32 Å². The van der Waals surface area contributed by atoms with E-state index in [1.165, 1.54) is 12.8 Å². The molecule has 1 aliphatic rings. The minimum absolute atomic E-state index is 0.240. The Balaban J connectivity index is 2.33. The van der Waals surface area contributed by atoms with Crippen LogP contribution in [0.1, 0.15) is 32.6 Å². The number of hydrogen-bond acceptors (Lipinski definition) is 4. The monoisotopic (exact) mass is 256 g/mol. The molecule has 0 aromatic heterocycles. The highest BCUT2D eigenvalue weighted by Gasteiger charge is 2.41. The number of rotatable bonds is 8. The summed E-state index contributed by atoms with van der Waals surface area (Å²) in [7, 11) is 1.74. The van der Waals surface area contributed by atoms with Gasteiger partial charge in [-0.15, -0.1) is 0 Å². The van der Waals surface area contributed by atoms with Gasteiger partial charge < -0.3 is 4.74 Å². The fourth-order valence-corrected chi connectivity index (χ4v) is 3.61. The van der Waals surface area contributed by atoms with Crippen LogP contribution in [-0.4, -0.2) is 37.3 Å². The minimum Gasteiger partial charge on any atom is -0.384 e. The molecule has 0 radical (unpaired) electrons. The molecule has 1 fully saturated rings. The summed E-state index contributed by atoms with van der Waals surface area (Å²) >= 11 is 1.93. The lowest BCUT2D eigenvalue weighted by molar-refractivity contribution is 0.218. The Morgan fingerprint density at radius 2 is 2.35 bits per heavy atom. The zero-order chi connectivity index (χ0) is 12.6. The topological polar surface area (TPSA) is 45.0 Å². The van der Waals surface area contributed by atoms with E-state index in [-0.39, 0.29) is 5.54 Å². The number of hydrogen-bond donors (Lipinski definition) is 1. The second-order valence-electron chi connectivity index (χ2n) is 4.60. The van der Waals surface area contributed by atoms with Crippen LogP contribution < -0.4 is 5.32 Å². The van der Waals surface area contributed by atoms with Crippen molar-refractivity contribution in [3.05, 3.63) is 0 Å². The highest BCUT2D eigenvalue weighted by atomic mass is 32.2. The van der Waals surface area contributed by atoms with Gasteiger partial charge in [0.25, 0.3) is 0 Å². The highest BCUT2D eigenvalue weighted by Crippen LogP contribution is 2.38. The predicted molar refractivity (Wildman–Crippen MR) is 73.2 cm³/mol. The van der Waals surface area contributed by atoms with Crippen LogP contribution in [0.5, 0.6) is 0 Å². The molecule has 3 nitrogen and oxygen atoms in total. The van der Waals surface area contributed by atoms with E-state index in [4.69, 9.17) is 4.74 Å². The van der Waals surface area contributed by atoms with Crippen LogP contribution >= 0.6 is 11.8 Å². The quantitative estimate of drug-likeness (QED) is 0.678. The van der Waals surface area contributed by atoms with Crippen molar-refractivity contribution in [2.75, 3.05) is 31.8 Å². The van der Waals surface area contributed by atoms with Gasteiger partial charge in [-0.05, 0) is 37.5 Å². The first-order valence-corrected chi connectivity index (χ1v) is 7.67. The molecular weight excluding hydrogens is 232 g/mol. The summed E-state index contributed by atoms with van der Waals surface area (Å²) in [6.07, 6.45) is 4.55. The van der Waals surface area contributed by atoms with Crippen molar-refractivity contribution in [1.29, 1.82) is 5.26 Å². The summed E-state index contributed by atoms with van der Waals surface area (Å²) in [6.45, 7) is 3.80. The van der Waals surface area contributed by atoms with E-state index in [0.717, 1.165) is 37.5 Å². The van der Waals surface area contributed by atoms with E-state index in [1.54, 1.807) is 7.11 Å². The third kappa shape index (κ3) is 4.17. The molecule has 98 valence electrons. The first-order chi connectivity index (χ1) is 8.29. The van der Waals surface area contributed by atoms with E-state index in [9.17, 15) is 5.26 Å². The van der Waals surface area contributed by atoms with Gasteiger partial charge >= 0.3 is 0 Å². The van der Waals surface area contributed by atoms with Gasteiger partial charge in [0.1, 0.15) is 5.54 Å². The Bertz CT molecular complexity index is 254.